The molecule has 1 aliphatic rings. The van der Waals surface area contributed by atoms with E-state index in [9.17, 15) is 4.79 Å². The van der Waals surface area contributed by atoms with E-state index >= 15 is 0 Å². The number of anilines is 1. The molecule has 4 rings (SSSR count). The number of aromatic nitrogens is 1. The standard InChI is InChI=1S/C22H21ClN2O3/c1-13(10-21(26)25-17-7-5-9-24-22(17)23)15-11-16-14-6-3-4-8-18(14)28-20(16)12-19(15)27-2/h5,7,9-12H,3-4,6,8H2,1-2H3,(H,25,26)/b13-10+. The Morgan fingerprint density at radius 2 is 2.14 bits per heavy atom. The molecule has 0 fully saturated rings. The first-order chi connectivity index (χ1) is 13.6. The van der Waals surface area contributed by atoms with Crippen molar-refractivity contribution in [2.24, 2.45) is 0 Å². The van der Waals surface area contributed by atoms with Crippen LogP contribution in [0.25, 0.3) is 16.5 Å². The number of hydrogen-bond acceptors (Lipinski definition) is 4. The molecule has 0 spiro atoms. The number of carbonyl (C=O) groups is 1. The molecule has 1 aliphatic carbocycles. The second-order valence-electron chi connectivity index (χ2n) is 6.92. The highest BCUT2D eigenvalue weighted by atomic mass is 35.5. The van der Waals surface area contributed by atoms with Gasteiger partial charge in [-0.2, -0.15) is 0 Å². The van der Waals surface area contributed by atoms with E-state index in [2.05, 4.69) is 16.4 Å². The summed E-state index contributed by atoms with van der Waals surface area (Å²) in [6, 6.07) is 7.41. The summed E-state index contributed by atoms with van der Waals surface area (Å²) in [5, 5.41) is 4.12. The van der Waals surface area contributed by atoms with Crippen LogP contribution in [0.15, 0.2) is 41.0 Å². The number of nitrogens with one attached hydrogen (secondary N) is 1. The Morgan fingerprint density at radius 1 is 1.32 bits per heavy atom. The van der Waals surface area contributed by atoms with E-state index in [1.54, 1.807) is 31.5 Å². The fourth-order valence-electron chi connectivity index (χ4n) is 3.69. The number of fused-ring (bicyclic) bond motifs is 3. The molecule has 1 amide bonds. The smallest absolute Gasteiger partial charge is 0.248 e. The number of allylic oxidation sites excluding steroid dienone is 1. The van der Waals surface area contributed by atoms with Gasteiger partial charge in [0.1, 0.15) is 17.1 Å². The summed E-state index contributed by atoms with van der Waals surface area (Å²) >= 11 is 6.01. The first-order valence-electron chi connectivity index (χ1n) is 9.29. The molecule has 0 saturated carbocycles. The largest absolute Gasteiger partial charge is 0.496 e. The van der Waals surface area contributed by atoms with E-state index in [0.29, 0.717) is 11.4 Å². The summed E-state index contributed by atoms with van der Waals surface area (Å²) in [5.41, 5.74) is 4.26. The van der Waals surface area contributed by atoms with E-state index in [-0.39, 0.29) is 11.1 Å². The van der Waals surface area contributed by atoms with Crippen LogP contribution in [-0.2, 0) is 17.6 Å². The number of rotatable bonds is 4. The third-order valence-electron chi connectivity index (χ3n) is 5.07. The highest BCUT2D eigenvalue weighted by molar-refractivity contribution is 6.32. The predicted octanol–water partition coefficient (Wildman–Crippen LogP) is 5.41. The lowest BCUT2D eigenvalue weighted by molar-refractivity contribution is -0.111. The maximum Gasteiger partial charge on any atom is 0.248 e. The SMILES string of the molecule is COc1cc2oc3c(c2cc1/C(C)=C/C(=O)Nc1cccnc1Cl)CCCC3. The Balaban J connectivity index is 1.69. The van der Waals surface area contributed by atoms with Gasteiger partial charge in [0, 0.05) is 41.3 Å². The molecule has 144 valence electrons. The fourth-order valence-corrected chi connectivity index (χ4v) is 3.86. The number of benzene rings is 1. The average molecular weight is 397 g/mol. The van der Waals surface area contributed by atoms with Crippen LogP contribution in [0.5, 0.6) is 5.75 Å². The molecule has 1 N–H and O–H groups in total. The monoisotopic (exact) mass is 396 g/mol. The lowest BCUT2D eigenvalue weighted by Gasteiger charge is -2.11. The topological polar surface area (TPSA) is 64.4 Å². The van der Waals surface area contributed by atoms with Gasteiger partial charge in [0.2, 0.25) is 5.91 Å². The molecule has 6 heteroatoms. The highest BCUT2D eigenvalue weighted by Gasteiger charge is 2.20. The van der Waals surface area contributed by atoms with Crippen LogP contribution in [0.1, 0.15) is 36.7 Å². The van der Waals surface area contributed by atoms with Gasteiger partial charge >= 0.3 is 0 Å². The van der Waals surface area contributed by atoms with Crippen molar-refractivity contribution in [3.63, 3.8) is 0 Å². The van der Waals surface area contributed by atoms with Gasteiger partial charge in [0.15, 0.2) is 5.15 Å². The van der Waals surface area contributed by atoms with Crippen molar-refractivity contribution >= 4 is 39.7 Å². The molecule has 0 unspecified atom stereocenters. The van der Waals surface area contributed by atoms with E-state index in [1.165, 1.54) is 12.0 Å². The van der Waals surface area contributed by atoms with Gasteiger partial charge in [0.05, 0.1) is 12.8 Å². The second-order valence-corrected chi connectivity index (χ2v) is 7.28. The second kappa shape index (κ2) is 7.68. The van der Waals surface area contributed by atoms with Gasteiger partial charge in [-0.3, -0.25) is 4.79 Å². The number of ether oxygens (including phenoxy) is 1. The third kappa shape index (κ3) is 3.50. The Hall–Kier alpha value is -2.79. The molecular weight excluding hydrogens is 376 g/mol. The van der Waals surface area contributed by atoms with E-state index in [0.717, 1.165) is 47.1 Å². The zero-order chi connectivity index (χ0) is 19.7. The van der Waals surface area contributed by atoms with Gasteiger partial charge < -0.3 is 14.5 Å². The number of pyridine rings is 1. The molecule has 1 aromatic carbocycles. The molecule has 28 heavy (non-hydrogen) atoms. The summed E-state index contributed by atoms with van der Waals surface area (Å²) in [7, 11) is 1.62. The summed E-state index contributed by atoms with van der Waals surface area (Å²) in [5.74, 6) is 1.48. The molecule has 0 atom stereocenters. The summed E-state index contributed by atoms with van der Waals surface area (Å²) in [6.07, 6.45) is 7.45. The minimum atomic E-state index is -0.274. The number of halogens is 1. The lowest BCUT2D eigenvalue weighted by Crippen LogP contribution is -2.09. The summed E-state index contributed by atoms with van der Waals surface area (Å²) in [6.45, 7) is 1.89. The zero-order valence-electron chi connectivity index (χ0n) is 15.8. The molecule has 0 radical (unpaired) electrons. The van der Waals surface area contributed by atoms with Crippen LogP contribution in [0.4, 0.5) is 5.69 Å². The lowest BCUT2D eigenvalue weighted by atomic mass is 9.94. The molecular formula is C22H21ClN2O3. The van der Waals surface area contributed by atoms with Gasteiger partial charge in [-0.1, -0.05) is 11.6 Å². The van der Waals surface area contributed by atoms with Crippen molar-refractivity contribution in [1.82, 2.24) is 4.98 Å². The molecule has 0 saturated heterocycles. The van der Waals surface area contributed by atoms with Gasteiger partial charge in [-0.25, -0.2) is 4.98 Å². The van der Waals surface area contributed by atoms with Gasteiger partial charge in [0.25, 0.3) is 0 Å². The van der Waals surface area contributed by atoms with Crippen LogP contribution in [-0.4, -0.2) is 18.0 Å². The summed E-state index contributed by atoms with van der Waals surface area (Å²) in [4.78, 5) is 16.4. The number of nitrogens with zero attached hydrogens (tertiary/aromatic N) is 1. The fraction of sp³-hybridized carbons (Fsp3) is 0.273. The number of amides is 1. The molecule has 3 aromatic rings. The van der Waals surface area contributed by atoms with Crippen molar-refractivity contribution in [3.8, 4) is 5.75 Å². The quantitative estimate of drug-likeness (QED) is 0.473. The van der Waals surface area contributed by atoms with Crippen LogP contribution in [0.3, 0.4) is 0 Å². The van der Waals surface area contributed by atoms with Crippen molar-refractivity contribution in [2.45, 2.75) is 32.6 Å². The first kappa shape index (κ1) is 18.6. The first-order valence-corrected chi connectivity index (χ1v) is 9.67. The number of furan rings is 1. The van der Waals surface area contributed by atoms with Crippen molar-refractivity contribution in [1.29, 1.82) is 0 Å². The van der Waals surface area contributed by atoms with E-state index < -0.39 is 0 Å². The van der Waals surface area contributed by atoms with E-state index in [4.69, 9.17) is 20.8 Å². The van der Waals surface area contributed by atoms with Crippen LogP contribution in [0, 0.1) is 0 Å². The molecule has 0 aliphatic heterocycles. The highest BCUT2D eigenvalue weighted by Crippen LogP contribution is 2.37. The molecule has 2 heterocycles. The van der Waals surface area contributed by atoms with Crippen LogP contribution < -0.4 is 10.1 Å². The third-order valence-corrected chi connectivity index (χ3v) is 5.37. The Morgan fingerprint density at radius 3 is 2.93 bits per heavy atom. The zero-order valence-corrected chi connectivity index (χ0v) is 16.6. The molecule has 5 nitrogen and oxygen atoms in total. The Kier molecular flexibility index (Phi) is 5.09. The Bertz CT molecular complexity index is 1080. The minimum absolute atomic E-state index is 0.255. The van der Waals surface area contributed by atoms with Gasteiger partial charge in [-0.15, -0.1) is 0 Å². The average Bonchev–Trinajstić information content (AvgIpc) is 3.06. The predicted molar refractivity (Wildman–Crippen MR) is 111 cm³/mol. The van der Waals surface area contributed by atoms with E-state index in [1.807, 2.05) is 13.0 Å². The maximum absolute atomic E-state index is 12.5. The number of methoxy groups -OCH3 is 1. The normalized spacial score (nSPS) is 14.0. The molecule has 0 bridgehead atoms. The minimum Gasteiger partial charge on any atom is -0.496 e. The summed E-state index contributed by atoms with van der Waals surface area (Å²) < 4.78 is 11.6. The maximum atomic E-state index is 12.5. The number of carbonyl (C=O) groups excluding carboxylic acids is 1. The number of hydrogen-bond donors (Lipinski definition) is 1. The Labute approximate surface area is 168 Å². The number of aryl methyl sites for hydroxylation is 2. The van der Waals surface area contributed by atoms with Crippen molar-refractivity contribution < 1.29 is 13.9 Å². The van der Waals surface area contributed by atoms with Crippen molar-refractivity contribution in [2.75, 3.05) is 12.4 Å². The van der Waals surface area contributed by atoms with Gasteiger partial charge in [-0.05, 0) is 50.0 Å². The van der Waals surface area contributed by atoms with Crippen molar-refractivity contribution in [3.05, 3.63) is 58.6 Å². The van der Waals surface area contributed by atoms with Crippen LogP contribution >= 0.6 is 11.6 Å². The van der Waals surface area contributed by atoms with Crippen LogP contribution in [0.2, 0.25) is 5.15 Å². The molecule has 2 aromatic heterocycles.